The molecule has 0 atom stereocenters. The quantitative estimate of drug-likeness (QED) is 0.815. The van der Waals surface area contributed by atoms with E-state index in [2.05, 4.69) is 5.32 Å². The van der Waals surface area contributed by atoms with Crippen molar-refractivity contribution < 1.29 is 28.5 Å². The van der Waals surface area contributed by atoms with Crippen molar-refractivity contribution in [2.45, 2.75) is 12.7 Å². The highest BCUT2D eigenvalue weighted by molar-refractivity contribution is 5.95. The Labute approximate surface area is 129 Å². The van der Waals surface area contributed by atoms with E-state index in [4.69, 9.17) is 23.7 Å². The van der Waals surface area contributed by atoms with E-state index in [0.717, 1.165) is 0 Å². The summed E-state index contributed by atoms with van der Waals surface area (Å²) in [6, 6.07) is 3.22. The molecule has 1 heterocycles. The first-order chi connectivity index (χ1) is 10.7. The largest absolute Gasteiger partial charge is 0.493 e. The second-order valence-electron chi connectivity index (χ2n) is 4.63. The molecule has 0 radical (unpaired) electrons. The Balaban J connectivity index is 2.01. The third-order valence-corrected chi connectivity index (χ3v) is 3.28. The molecule has 7 heteroatoms. The Hall–Kier alpha value is -1.99. The minimum atomic E-state index is -0.236. The van der Waals surface area contributed by atoms with Crippen molar-refractivity contribution in [3.63, 3.8) is 0 Å². The van der Waals surface area contributed by atoms with Crippen LogP contribution < -0.4 is 19.5 Å². The fourth-order valence-electron chi connectivity index (χ4n) is 2.19. The van der Waals surface area contributed by atoms with Gasteiger partial charge in [-0.25, -0.2) is 0 Å². The van der Waals surface area contributed by atoms with Crippen molar-refractivity contribution >= 4 is 5.91 Å². The van der Waals surface area contributed by atoms with E-state index in [-0.39, 0.29) is 12.2 Å². The molecule has 22 heavy (non-hydrogen) atoms. The average molecular weight is 311 g/mol. The summed E-state index contributed by atoms with van der Waals surface area (Å²) in [7, 11) is 4.53. The normalized spacial score (nSPS) is 14.7. The molecule has 2 rings (SSSR count). The van der Waals surface area contributed by atoms with Crippen LogP contribution in [0.3, 0.4) is 0 Å². The summed E-state index contributed by atoms with van der Waals surface area (Å²) in [6.45, 7) is 1.66. The van der Waals surface area contributed by atoms with Gasteiger partial charge in [-0.2, -0.15) is 0 Å². The standard InChI is InChI=1S/C15H21NO6/c1-18-11-8-10(9-12(19-2)14(11)20-3)15(17)16-5-4-13-21-6-7-22-13/h8-9,13H,4-7H2,1-3H3,(H,16,17). The van der Waals surface area contributed by atoms with Crippen LogP contribution in [0, 0.1) is 0 Å². The third-order valence-electron chi connectivity index (χ3n) is 3.28. The average Bonchev–Trinajstić information content (AvgIpc) is 3.06. The zero-order valence-corrected chi connectivity index (χ0v) is 13.0. The maximum Gasteiger partial charge on any atom is 0.251 e. The molecule has 0 spiro atoms. The van der Waals surface area contributed by atoms with Crippen molar-refractivity contribution in [1.82, 2.24) is 5.32 Å². The van der Waals surface area contributed by atoms with Gasteiger partial charge in [0.25, 0.3) is 5.91 Å². The Morgan fingerprint density at radius 1 is 1.14 bits per heavy atom. The molecule has 1 fully saturated rings. The van der Waals surface area contributed by atoms with Crippen LogP contribution in [-0.2, 0) is 9.47 Å². The van der Waals surface area contributed by atoms with Crippen LogP contribution in [0.1, 0.15) is 16.8 Å². The van der Waals surface area contributed by atoms with E-state index < -0.39 is 0 Å². The van der Waals surface area contributed by atoms with Crippen LogP contribution in [0.4, 0.5) is 0 Å². The maximum absolute atomic E-state index is 12.2. The second-order valence-corrected chi connectivity index (χ2v) is 4.63. The summed E-state index contributed by atoms with van der Waals surface area (Å²) in [6.07, 6.45) is 0.371. The van der Waals surface area contributed by atoms with Crippen molar-refractivity contribution in [2.24, 2.45) is 0 Å². The second kappa shape index (κ2) is 7.86. The van der Waals surface area contributed by atoms with Gasteiger partial charge in [0.1, 0.15) is 0 Å². The number of hydrogen-bond acceptors (Lipinski definition) is 6. The number of benzene rings is 1. The van der Waals surface area contributed by atoms with Crippen LogP contribution in [0.25, 0.3) is 0 Å². The molecular formula is C15H21NO6. The Morgan fingerprint density at radius 2 is 1.73 bits per heavy atom. The van der Waals surface area contributed by atoms with Gasteiger partial charge in [0.15, 0.2) is 17.8 Å². The fourth-order valence-corrected chi connectivity index (χ4v) is 2.19. The van der Waals surface area contributed by atoms with Crippen LogP contribution in [-0.4, -0.2) is 53.3 Å². The predicted octanol–water partition coefficient (Wildman–Crippen LogP) is 1.21. The molecule has 1 aromatic carbocycles. The number of hydrogen-bond donors (Lipinski definition) is 1. The van der Waals surface area contributed by atoms with Gasteiger partial charge in [-0.1, -0.05) is 0 Å². The van der Waals surface area contributed by atoms with Gasteiger partial charge in [-0.15, -0.1) is 0 Å². The van der Waals surface area contributed by atoms with Gasteiger partial charge in [0.05, 0.1) is 34.5 Å². The molecule has 0 bridgehead atoms. The monoisotopic (exact) mass is 311 g/mol. The zero-order valence-electron chi connectivity index (χ0n) is 13.0. The molecule has 0 aliphatic carbocycles. The highest BCUT2D eigenvalue weighted by atomic mass is 16.7. The molecule has 0 saturated carbocycles. The zero-order chi connectivity index (χ0) is 15.9. The van der Waals surface area contributed by atoms with Gasteiger partial charge in [0, 0.05) is 18.5 Å². The molecule has 1 saturated heterocycles. The number of ether oxygens (including phenoxy) is 5. The van der Waals surface area contributed by atoms with Crippen molar-refractivity contribution in [3.8, 4) is 17.2 Å². The summed E-state index contributed by atoms with van der Waals surface area (Å²) in [5, 5.41) is 2.82. The number of carbonyl (C=O) groups excluding carboxylic acids is 1. The van der Waals surface area contributed by atoms with Crippen LogP contribution in [0.2, 0.25) is 0 Å². The van der Waals surface area contributed by atoms with Crippen LogP contribution in [0.5, 0.6) is 17.2 Å². The molecule has 7 nitrogen and oxygen atoms in total. The summed E-state index contributed by atoms with van der Waals surface area (Å²) in [4.78, 5) is 12.2. The number of carbonyl (C=O) groups is 1. The number of methoxy groups -OCH3 is 3. The SMILES string of the molecule is COc1cc(C(=O)NCCC2OCCO2)cc(OC)c1OC. The minimum Gasteiger partial charge on any atom is -0.493 e. The molecular weight excluding hydrogens is 290 g/mol. The number of rotatable bonds is 7. The molecule has 0 aromatic heterocycles. The molecule has 1 aliphatic heterocycles. The van der Waals surface area contributed by atoms with Gasteiger partial charge >= 0.3 is 0 Å². The smallest absolute Gasteiger partial charge is 0.251 e. The lowest BCUT2D eigenvalue weighted by atomic mass is 10.1. The van der Waals surface area contributed by atoms with Gasteiger partial charge in [-0.05, 0) is 12.1 Å². The maximum atomic E-state index is 12.2. The highest BCUT2D eigenvalue weighted by Gasteiger charge is 2.18. The van der Waals surface area contributed by atoms with Crippen molar-refractivity contribution in [2.75, 3.05) is 41.1 Å². The van der Waals surface area contributed by atoms with Crippen molar-refractivity contribution in [1.29, 1.82) is 0 Å². The number of amides is 1. The molecule has 1 amide bonds. The van der Waals surface area contributed by atoms with E-state index in [9.17, 15) is 4.79 Å². The molecule has 1 N–H and O–H groups in total. The van der Waals surface area contributed by atoms with Crippen LogP contribution in [0.15, 0.2) is 12.1 Å². The molecule has 122 valence electrons. The summed E-state index contributed by atoms with van der Waals surface area (Å²) < 4.78 is 26.3. The molecule has 1 aliphatic rings. The third kappa shape index (κ3) is 3.80. The lowest BCUT2D eigenvalue weighted by Gasteiger charge is -2.14. The summed E-state index contributed by atoms with van der Waals surface area (Å²) in [5.41, 5.74) is 0.433. The molecule has 1 aromatic rings. The first kappa shape index (κ1) is 16.4. The van der Waals surface area contributed by atoms with E-state index in [0.29, 0.717) is 49.0 Å². The van der Waals surface area contributed by atoms with E-state index >= 15 is 0 Å². The molecule has 0 unspecified atom stereocenters. The predicted molar refractivity (Wildman–Crippen MR) is 78.7 cm³/mol. The van der Waals surface area contributed by atoms with Gasteiger partial charge < -0.3 is 29.0 Å². The summed E-state index contributed by atoms with van der Waals surface area (Å²) >= 11 is 0. The van der Waals surface area contributed by atoms with E-state index in [1.807, 2.05) is 0 Å². The topological polar surface area (TPSA) is 75.3 Å². The van der Waals surface area contributed by atoms with E-state index in [1.54, 1.807) is 12.1 Å². The summed E-state index contributed by atoms with van der Waals surface area (Å²) in [5.74, 6) is 1.11. The van der Waals surface area contributed by atoms with Gasteiger partial charge in [0.2, 0.25) is 5.75 Å². The van der Waals surface area contributed by atoms with E-state index in [1.165, 1.54) is 21.3 Å². The Morgan fingerprint density at radius 3 is 2.23 bits per heavy atom. The van der Waals surface area contributed by atoms with Crippen LogP contribution >= 0.6 is 0 Å². The highest BCUT2D eigenvalue weighted by Crippen LogP contribution is 2.38. The Kier molecular flexibility index (Phi) is 5.85. The minimum absolute atomic E-state index is 0.225. The fraction of sp³-hybridized carbons (Fsp3) is 0.533. The first-order valence-electron chi connectivity index (χ1n) is 7.01. The Bertz CT molecular complexity index is 488. The first-order valence-corrected chi connectivity index (χ1v) is 7.01. The lowest BCUT2D eigenvalue weighted by molar-refractivity contribution is -0.0455. The number of nitrogens with one attached hydrogen (secondary N) is 1. The van der Waals surface area contributed by atoms with Gasteiger partial charge in [-0.3, -0.25) is 4.79 Å². The van der Waals surface area contributed by atoms with Crippen molar-refractivity contribution in [3.05, 3.63) is 17.7 Å². The lowest BCUT2D eigenvalue weighted by Crippen LogP contribution is -2.27.